The van der Waals surface area contributed by atoms with Crippen LogP contribution in [0.2, 0.25) is 0 Å². The summed E-state index contributed by atoms with van der Waals surface area (Å²) in [4.78, 5) is 30.0. The smallest absolute Gasteiger partial charge is 0.270 e. The minimum absolute atomic E-state index is 0.155. The SMILES string of the molecule is COc1cccc(C[C@H](c2ccccc2)c2nc3ccc([N+](=O)[O-])cc3c(=O)n2Cc2cccc(OC)c2)c1. The molecule has 0 fully saturated rings. The van der Waals surface area contributed by atoms with E-state index in [1.165, 1.54) is 12.1 Å². The van der Waals surface area contributed by atoms with E-state index < -0.39 is 4.92 Å². The van der Waals surface area contributed by atoms with E-state index in [1.54, 1.807) is 24.9 Å². The topological polar surface area (TPSA) is 96.5 Å². The number of nitro groups is 1. The normalized spacial score (nSPS) is 11.7. The van der Waals surface area contributed by atoms with Crippen LogP contribution < -0.4 is 15.0 Å². The number of ether oxygens (including phenoxy) is 2. The first kappa shape index (κ1) is 25.7. The van der Waals surface area contributed by atoms with Crippen molar-refractivity contribution in [2.75, 3.05) is 14.2 Å². The third-order valence-electron chi connectivity index (χ3n) is 6.74. The second kappa shape index (κ2) is 11.2. The van der Waals surface area contributed by atoms with Crippen LogP contribution in [0.1, 0.15) is 28.4 Å². The summed E-state index contributed by atoms with van der Waals surface area (Å²) < 4.78 is 12.5. The molecule has 0 bridgehead atoms. The molecule has 0 aliphatic rings. The molecule has 0 unspecified atom stereocenters. The fourth-order valence-electron chi connectivity index (χ4n) is 4.79. The molecule has 1 heterocycles. The maximum Gasteiger partial charge on any atom is 0.270 e. The van der Waals surface area contributed by atoms with Gasteiger partial charge in [-0.25, -0.2) is 4.98 Å². The predicted molar refractivity (Wildman–Crippen MR) is 150 cm³/mol. The van der Waals surface area contributed by atoms with Gasteiger partial charge in [-0.1, -0.05) is 54.6 Å². The van der Waals surface area contributed by atoms with Crippen molar-refractivity contribution in [1.29, 1.82) is 0 Å². The summed E-state index contributed by atoms with van der Waals surface area (Å²) in [6, 6.07) is 29.4. The van der Waals surface area contributed by atoms with Gasteiger partial charge in [0.25, 0.3) is 11.2 Å². The summed E-state index contributed by atoms with van der Waals surface area (Å²) in [5, 5.41) is 11.7. The van der Waals surface area contributed by atoms with E-state index in [9.17, 15) is 14.9 Å². The van der Waals surface area contributed by atoms with Crippen molar-refractivity contribution in [3.05, 3.63) is 140 Å². The summed E-state index contributed by atoms with van der Waals surface area (Å²) in [5.74, 6) is 1.70. The maximum absolute atomic E-state index is 14.0. The van der Waals surface area contributed by atoms with Gasteiger partial charge in [-0.15, -0.1) is 0 Å². The zero-order chi connectivity index (χ0) is 27.4. The fourth-order valence-corrected chi connectivity index (χ4v) is 4.79. The fraction of sp³-hybridized carbons (Fsp3) is 0.161. The van der Waals surface area contributed by atoms with Gasteiger partial charge in [-0.05, 0) is 53.4 Å². The zero-order valence-corrected chi connectivity index (χ0v) is 21.6. The molecule has 196 valence electrons. The molecule has 1 atom stereocenters. The summed E-state index contributed by atoms with van der Waals surface area (Å²) in [5.41, 5.74) is 2.78. The van der Waals surface area contributed by atoms with Crippen molar-refractivity contribution in [3.8, 4) is 11.5 Å². The molecule has 0 saturated heterocycles. The van der Waals surface area contributed by atoms with Crippen molar-refractivity contribution in [2.24, 2.45) is 0 Å². The summed E-state index contributed by atoms with van der Waals surface area (Å²) in [7, 11) is 3.22. The highest BCUT2D eigenvalue weighted by Crippen LogP contribution is 2.30. The quantitative estimate of drug-likeness (QED) is 0.181. The summed E-state index contributed by atoms with van der Waals surface area (Å²) >= 11 is 0. The average Bonchev–Trinajstić information content (AvgIpc) is 2.97. The monoisotopic (exact) mass is 521 g/mol. The Labute approximate surface area is 225 Å². The summed E-state index contributed by atoms with van der Waals surface area (Å²) in [6.45, 7) is 0.221. The molecule has 5 rings (SSSR count). The highest BCUT2D eigenvalue weighted by atomic mass is 16.6. The number of fused-ring (bicyclic) bond motifs is 1. The minimum atomic E-state index is -0.505. The lowest BCUT2D eigenvalue weighted by molar-refractivity contribution is -0.384. The third kappa shape index (κ3) is 5.50. The first-order chi connectivity index (χ1) is 19.0. The van der Waals surface area contributed by atoms with E-state index in [-0.39, 0.29) is 29.1 Å². The molecule has 1 aromatic heterocycles. The number of rotatable bonds is 9. The van der Waals surface area contributed by atoms with Crippen LogP contribution in [-0.4, -0.2) is 28.7 Å². The number of hydrogen-bond donors (Lipinski definition) is 0. The van der Waals surface area contributed by atoms with Crippen LogP contribution in [0.15, 0.2) is 102 Å². The Morgan fingerprint density at radius 3 is 2.18 bits per heavy atom. The maximum atomic E-state index is 14.0. The first-order valence-electron chi connectivity index (χ1n) is 12.5. The van der Waals surface area contributed by atoms with E-state index in [2.05, 4.69) is 0 Å². The van der Waals surface area contributed by atoms with Crippen LogP contribution in [0, 0.1) is 10.1 Å². The molecule has 0 saturated carbocycles. The van der Waals surface area contributed by atoms with Crippen molar-refractivity contribution < 1.29 is 14.4 Å². The minimum Gasteiger partial charge on any atom is -0.497 e. The Morgan fingerprint density at radius 2 is 1.51 bits per heavy atom. The lowest BCUT2D eigenvalue weighted by atomic mass is 9.90. The first-order valence-corrected chi connectivity index (χ1v) is 12.5. The van der Waals surface area contributed by atoms with Crippen LogP contribution in [-0.2, 0) is 13.0 Å². The molecule has 8 heteroatoms. The molecule has 0 N–H and O–H groups in total. The van der Waals surface area contributed by atoms with Gasteiger partial charge in [0.05, 0.1) is 36.6 Å². The second-order valence-electron chi connectivity index (χ2n) is 9.19. The number of methoxy groups -OCH3 is 2. The van der Waals surface area contributed by atoms with Crippen LogP contribution in [0.3, 0.4) is 0 Å². The molecular formula is C31H27N3O5. The van der Waals surface area contributed by atoms with Crippen molar-refractivity contribution >= 4 is 16.6 Å². The summed E-state index contributed by atoms with van der Waals surface area (Å²) in [6.07, 6.45) is 0.560. The van der Waals surface area contributed by atoms with E-state index in [4.69, 9.17) is 14.5 Å². The molecule has 8 nitrogen and oxygen atoms in total. The van der Waals surface area contributed by atoms with Crippen LogP contribution >= 0.6 is 0 Å². The van der Waals surface area contributed by atoms with Gasteiger partial charge in [0.2, 0.25) is 0 Å². The standard InChI is InChI=1S/C31H27N3O5/c1-38-25-12-6-8-21(16-25)18-27(23-10-4-3-5-11-23)30-32-29-15-14-24(34(36)37)19-28(29)31(35)33(30)20-22-9-7-13-26(17-22)39-2/h3-17,19,27H,18,20H2,1-2H3/t27-/m1/s1. The van der Waals surface area contributed by atoms with E-state index in [0.717, 1.165) is 22.4 Å². The second-order valence-corrected chi connectivity index (χ2v) is 9.19. The molecule has 0 aliphatic carbocycles. The number of benzene rings is 4. The van der Waals surface area contributed by atoms with Gasteiger partial charge in [0.1, 0.15) is 17.3 Å². The Kier molecular flexibility index (Phi) is 7.36. The van der Waals surface area contributed by atoms with E-state index in [1.807, 2.05) is 78.9 Å². The Balaban J connectivity index is 1.74. The largest absolute Gasteiger partial charge is 0.497 e. The van der Waals surface area contributed by atoms with Gasteiger partial charge >= 0.3 is 0 Å². The average molecular weight is 522 g/mol. The van der Waals surface area contributed by atoms with E-state index in [0.29, 0.717) is 23.5 Å². The molecule has 0 radical (unpaired) electrons. The third-order valence-corrected chi connectivity index (χ3v) is 6.74. The number of nitro benzene ring substituents is 1. The number of aromatic nitrogens is 2. The molecule has 4 aromatic carbocycles. The predicted octanol–water partition coefficient (Wildman–Crippen LogP) is 5.74. The number of nitrogens with zero attached hydrogens (tertiary/aromatic N) is 3. The van der Waals surface area contributed by atoms with E-state index >= 15 is 0 Å². The Bertz CT molecular complexity index is 1700. The zero-order valence-electron chi connectivity index (χ0n) is 21.6. The van der Waals surface area contributed by atoms with Gasteiger partial charge in [0, 0.05) is 18.1 Å². The highest BCUT2D eigenvalue weighted by Gasteiger charge is 2.24. The Hall–Kier alpha value is -4.98. The van der Waals surface area contributed by atoms with Crippen molar-refractivity contribution in [2.45, 2.75) is 18.9 Å². The van der Waals surface area contributed by atoms with Crippen molar-refractivity contribution in [3.63, 3.8) is 0 Å². The Morgan fingerprint density at radius 1 is 0.846 bits per heavy atom. The van der Waals surface area contributed by atoms with Crippen LogP contribution in [0.4, 0.5) is 5.69 Å². The van der Waals surface area contributed by atoms with Gasteiger partial charge in [-0.2, -0.15) is 0 Å². The molecule has 5 aromatic rings. The number of hydrogen-bond acceptors (Lipinski definition) is 6. The molecule has 0 amide bonds. The molecule has 0 spiro atoms. The number of non-ortho nitro benzene ring substituents is 1. The highest BCUT2D eigenvalue weighted by molar-refractivity contribution is 5.80. The molecule has 39 heavy (non-hydrogen) atoms. The molecule has 0 aliphatic heterocycles. The lowest BCUT2D eigenvalue weighted by Crippen LogP contribution is -2.28. The van der Waals surface area contributed by atoms with Crippen LogP contribution in [0.25, 0.3) is 10.9 Å². The molecular weight excluding hydrogens is 494 g/mol. The van der Waals surface area contributed by atoms with Gasteiger partial charge < -0.3 is 9.47 Å². The van der Waals surface area contributed by atoms with Crippen molar-refractivity contribution in [1.82, 2.24) is 9.55 Å². The van der Waals surface area contributed by atoms with Crippen LogP contribution in [0.5, 0.6) is 11.5 Å². The van der Waals surface area contributed by atoms with Gasteiger partial charge in [-0.3, -0.25) is 19.5 Å². The lowest BCUT2D eigenvalue weighted by Gasteiger charge is -2.23. The van der Waals surface area contributed by atoms with Gasteiger partial charge in [0.15, 0.2) is 0 Å².